The third-order valence-corrected chi connectivity index (χ3v) is 4.47. The third kappa shape index (κ3) is 5.47. The predicted molar refractivity (Wildman–Crippen MR) is 107 cm³/mol. The second kappa shape index (κ2) is 9.59. The highest BCUT2D eigenvalue weighted by atomic mass is 16.5. The number of fused-ring (bicyclic) bond motifs is 1. The predicted octanol–water partition coefficient (Wildman–Crippen LogP) is 1.24. The molecular weight excluding hydrogens is 374 g/mol. The standard InChI is InChI=1S/C21H23N3O5/c1-28-16-8-6-15(7-9-16)12-22-20(26)13-23-19(25)10-11-24-17-4-2-3-5-18(17)29-14-21(24)27/h2-9H,10-14H2,1H3,(H,22,26)(H,23,25). The first kappa shape index (κ1) is 20.2. The smallest absolute Gasteiger partial charge is 0.265 e. The van der Waals surface area contributed by atoms with Crippen molar-refractivity contribution in [3.8, 4) is 11.5 Å². The van der Waals surface area contributed by atoms with Gasteiger partial charge < -0.3 is 25.0 Å². The van der Waals surface area contributed by atoms with Gasteiger partial charge in [-0.2, -0.15) is 0 Å². The molecule has 8 nitrogen and oxygen atoms in total. The Bertz CT molecular complexity index is 882. The fraction of sp³-hybridized carbons (Fsp3) is 0.286. The van der Waals surface area contributed by atoms with Crippen molar-refractivity contribution in [3.63, 3.8) is 0 Å². The Hall–Kier alpha value is -3.55. The molecule has 2 aromatic carbocycles. The van der Waals surface area contributed by atoms with Gasteiger partial charge in [-0.3, -0.25) is 14.4 Å². The number of nitrogens with zero attached hydrogens (tertiary/aromatic N) is 1. The molecule has 3 amide bonds. The second-order valence-electron chi connectivity index (χ2n) is 6.45. The van der Waals surface area contributed by atoms with Crippen LogP contribution in [0.3, 0.4) is 0 Å². The van der Waals surface area contributed by atoms with Gasteiger partial charge in [-0.1, -0.05) is 24.3 Å². The van der Waals surface area contributed by atoms with Crippen LogP contribution in [0.1, 0.15) is 12.0 Å². The third-order valence-electron chi connectivity index (χ3n) is 4.47. The molecule has 0 radical (unpaired) electrons. The number of hydrogen-bond acceptors (Lipinski definition) is 5. The number of amides is 3. The lowest BCUT2D eigenvalue weighted by atomic mass is 10.2. The lowest BCUT2D eigenvalue weighted by Crippen LogP contribution is -2.42. The van der Waals surface area contributed by atoms with Crippen LogP contribution in [0.25, 0.3) is 0 Å². The van der Waals surface area contributed by atoms with Gasteiger partial charge in [-0.05, 0) is 29.8 Å². The molecule has 0 saturated heterocycles. The zero-order valence-electron chi connectivity index (χ0n) is 16.1. The van der Waals surface area contributed by atoms with E-state index >= 15 is 0 Å². The van der Waals surface area contributed by atoms with Gasteiger partial charge in [0, 0.05) is 19.5 Å². The molecule has 1 aliphatic heterocycles. The molecule has 0 spiro atoms. The monoisotopic (exact) mass is 397 g/mol. The number of ether oxygens (including phenoxy) is 2. The topological polar surface area (TPSA) is 97.0 Å². The SMILES string of the molecule is COc1ccc(CNC(=O)CNC(=O)CCN2C(=O)COc3ccccc32)cc1. The lowest BCUT2D eigenvalue weighted by Gasteiger charge is -2.29. The maximum Gasteiger partial charge on any atom is 0.265 e. The first-order valence-corrected chi connectivity index (χ1v) is 9.25. The van der Waals surface area contributed by atoms with Gasteiger partial charge in [0.2, 0.25) is 11.8 Å². The summed E-state index contributed by atoms with van der Waals surface area (Å²) in [6, 6.07) is 14.5. The van der Waals surface area contributed by atoms with Gasteiger partial charge in [0.25, 0.3) is 5.91 Å². The van der Waals surface area contributed by atoms with Gasteiger partial charge in [0.05, 0.1) is 19.3 Å². The molecule has 3 rings (SSSR count). The molecule has 0 saturated carbocycles. The van der Waals surface area contributed by atoms with Gasteiger partial charge in [-0.15, -0.1) is 0 Å². The number of rotatable bonds is 8. The van der Waals surface area contributed by atoms with Crippen molar-refractivity contribution in [1.82, 2.24) is 10.6 Å². The quantitative estimate of drug-likeness (QED) is 0.699. The molecule has 152 valence electrons. The minimum absolute atomic E-state index is 0.0492. The highest BCUT2D eigenvalue weighted by Crippen LogP contribution is 2.31. The van der Waals surface area contributed by atoms with Crippen LogP contribution in [-0.4, -0.2) is 44.5 Å². The Balaban J connectivity index is 1.40. The molecule has 29 heavy (non-hydrogen) atoms. The summed E-state index contributed by atoms with van der Waals surface area (Å²) in [5.41, 5.74) is 1.57. The van der Waals surface area contributed by atoms with Crippen molar-refractivity contribution < 1.29 is 23.9 Å². The average molecular weight is 397 g/mol. The number of nitrogens with one attached hydrogen (secondary N) is 2. The molecule has 8 heteroatoms. The summed E-state index contributed by atoms with van der Waals surface area (Å²) in [5.74, 6) is 0.566. The van der Waals surface area contributed by atoms with Crippen molar-refractivity contribution in [2.45, 2.75) is 13.0 Å². The largest absolute Gasteiger partial charge is 0.497 e. The van der Waals surface area contributed by atoms with E-state index < -0.39 is 0 Å². The molecule has 0 aromatic heterocycles. The van der Waals surface area contributed by atoms with Crippen LogP contribution in [0.4, 0.5) is 5.69 Å². The highest BCUT2D eigenvalue weighted by molar-refractivity contribution is 5.98. The van der Waals surface area contributed by atoms with E-state index in [-0.39, 0.29) is 43.8 Å². The summed E-state index contributed by atoms with van der Waals surface area (Å²) in [4.78, 5) is 37.6. The van der Waals surface area contributed by atoms with Crippen LogP contribution >= 0.6 is 0 Å². The van der Waals surface area contributed by atoms with Crippen molar-refractivity contribution >= 4 is 23.4 Å². The van der Waals surface area contributed by atoms with E-state index in [1.54, 1.807) is 25.3 Å². The van der Waals surface area contributed by atoms with Crippen molar-refractivity contribution in [2.75, 3.05) is 31.7 Å². The number of benzene rings is 2. The van der Waals surface area contributed by atoms with Gasteiger partial charge in [-0.25, -0.2) is 0 Å². The molecule has 2 aromatic rings. The maximum absolute atomic E-state index is 12.1. The first-order valence-electron chi connectivity index (χ1n) is 9.25. The van der Waals surface area contributed by atoms with Crippen LogP contribution in [0, 0.1) is 0 Å². The van der Waals surface area contributed by atoms with Crippen LogP contribution < -0.4 is 25.0 Å². The Morgan fingerprint density at radius 1 is 1.07 bits per heavy atom. The van der Waals surface area contributed by atoms with Gasteiger partial charge in [0.1, 0.15) is 11.5 Å². The normalized spacial score (nSPS) is 12.6. The van der Waals surface area contributed by atoms with Crippen molar-refractivity contribution in [2.24, 2.45) is 0 Å². The number of methoxy groups -OCH3 is 1. The fourth-order valence-electron chi connectivity index (χ4n) is 2.89. The second-order valence-corrected chi connectivity index (χ2v) is 6.45. The van der Waals surface area contributed by atoms with Gasteiger partial charge >= 0.3 is 0 Å². The zero-order valence-corrected chi connectivity index (χ0v) is 16.1. The Kier molecular flexibility index (Phi) is 6.67. The summed E-state index contributed by atoms with van der Waals surface area (Å²) in [6.07, 6.45) is 0.0891. The molecule has 0 aliphatic carbocycles. The Morgan fingerprint density at radius 3 is 2.59 bits per heavy atom. The first-order chi connectivity index (χ1) is 14.1. The molecule has 2 N–H and O–H groups in total. The summed E-state index contributed by atoms with van der Waals surface area (Å²) in [6.45, 7) is 0.408. The molecule has 0 unspecified atom stereocenters. The maximum atomic E-state index is 12.1. The zero-order chi connectivity index (χ0) is 20.6. The summed E-state index contributed by atoms with van der Waals surface area (Å²) < 4.78 is 10.5. The summed E-state index contributed by atoms with van der Waals surface area (Å²) in [7, 11) is 1.59. The molecule has 0 fully saturated rings. The lowest BCUT2D eigenvalue weighted by molar-refractivity contribution is -0.126. The van der Waals surface area contributed by atoms with Gasteiger partial charge in [0.15, 0.2) is 6.61 Å². The summed E-state index contributed by atoms with van der Waals surface area (Å²) >= 11 is 0. The number of hydrogen-bond donors (Lipinski definition) is 2. The molecule has 1 heterocycles. The highest BCUT2D eigenvalue weighted by Gasteiger charge is 2.25. The van der Waals surface area contributed by atoms with E-state index in [0.29, 0.717) is 18.0 Å². The summed E-state index contributed by atoms with van der Waals surface area (Å²) in [5, 5.41) is 5.32. The molecule has 0 atom stereocenters. The van der Waals surface area contributed by atoms with E-state index in [2.05, 4.69) is 10.6 Å². The van der Waals surface area contributed by atoms with E-state index in [1.165, 1.54) is 4.90 Å². The Morgan fingerprint density at radius 2 is 1.83 bits per heavy atom. The Labute approximate surface area is 168 Å². The number of carbonyl (C=O) groups excluding carboxylic acids is 3. The van der Waals surface area contributed by atoms with E-state index in [0.717, 1.165) is 11.3 Å². The minimum atomic E-state index is -0.304. The van der Waals surface area contributed by atoms with E-state index in [9.17, 15) is 14.4 Å². The average Bonchev–Trinajstić information content (AvgIpc) is 2.76. The van der Waals surface area contributed by atoms with Crippen LogP contribution in [0.15, 0.2) is 48.5 Å². The van der Waals surface area contributed by atoms with Crippen LogP contribution in [0.5, 0.6) is 11.5 Å². The van der Waals surface area contributed by atoms with Crippen molar-refractivity contribution in [1.29, 1.82) is 0 Å². The number of para-hydroxylation sites is 2. The number of anilines is 1. The molecule has 0 bridgehead atoms. The number of carbonyl (C=O) groups is 3. The minimum Gasteiger partial charge on any atom is -0.497 e. The van der Waals surface area contributed by atoms with E-state index in [4.69, 9.17) is 9.47 Å². The van der Waals surface area contributed by atoms with E-state index in [1.807, 2.05) is 30.3 Å². The van der Waals surface area contributed by atoms with Crippen LogP contribution in [-0.2, 0) is 20.9 Å². The molecular formula is C21H23N3O5. The van der Waals surface area contributed by atoms with Crippen molar-refractivity contribution in [3.05, 3.63) is 54.1 Å². The van der Waals surface area contributed by atoms with Crippen LogP contribution in [0.2, 0.25) is 0 Å². The molecule has 1 aliphatic rings. The fourth-order valence-corrected chi connectivity index (χ4v) is 2.89.